The van der Waals surface area contributed by atoms with Crippen LogP contribution in [0.2, 0.25) is 19.1 Å². The highest BCUT2D eigenvalue weighted by Crippen LogP contribution is 2.39. The Balaban J connectivity index is 1.89. The van der Waals surface area contributed by atoms with Crippen molar-refractivity contribution >= 4 is 8.32 Å². The Kier molecular flexibility index (Phi) is 6.39. The van der Waals surface area contributed by atoms with Gasteiger partial charge in [-0.3, -0.25) is 0 Å². The zero-order chi connectivity index (χ0) is 18.7. The number of ether oxygens (including phenoxy) is 2. The van der Waals surface area contributed by atoms with Crippen molar-refractivity contribution in [2.24, 2.45) is 5.41 Å². The molecule has 3 nitrogen and oxygen atoms in total. The molecule has 2 rings (SSSR count). The molecule has 0 saturated heterocycles. The monoisotopic (exact) mass is 364 g/mol. The van der Waals surface area contributed by atoms with Crippen LogP contribution in [0.1, 0.15) is 65.5 Å². The summed E-state index contributed by atoms with van der Waals surface area (Å²) in [4.78, 5) is 0. The summed E-state index contributed by atoms with van der Waals surface area (Å²) in [5, 5.41) is 0. The van der Waals surface area contributed by atoms with Crippen LogP contribution in [0, 0.1) is 5.41 Å². The van der Waals surface area contributed by atoms with E-state index in [1.165, 1.54) is 25.3 Å². The molecule has 0 saturated carbocycles. The molecule has 25 heavy (non-hydrogen) atoms. The third kappa shape index (κ3) is 6.76. The van der Waals surface area contributed by atoms with Crippen LogP contribution in [0.3, 0.4) is 0 Å². The predicted octanol–water partition coefficient (Wildman–Crippen LogP) is 6.31. The van der Waals surface area contributed by atoms with Crippen LogP contribution in [0.4, 0.5) is 0 Å². The third-order valence-corrected chi connectivity index (χ3v) is 7.13. The molecule has 0 amide bonds. The summed E-state index contributed by atoms with van der Waals surface area (Å²) in [7, 11) is -1.67. The van der Waals surface area contributed by atoms with Crippen molar-refractivity contribution in [1.82, 2.24) is 0 Å². The Morgan fingerprint density at radius 3 is 2.48 bits per heavy atom. The van der Waals surface area contributed by atoms with Gasteiger partial charge in [0.05, 0.1) is 6.61 Å². The van der Waals surface area contributed by atoms with Crippen molar-refractivity contribution < 1.29 is 13.9 Å². The van der Waals surface area contributed by atoms with E-state index in [1.54, 1.807) is 0 Å². The third-order valence-electron chi connectivity index (χ3n) is 4.63. The number of fused-ring (bicyclic) bond motifs is 1. The van der Waals surface area contributed by atoms with Gasteiger partial charge in [-0.2, -0.15) is 0 Å². The summed E-state index contributed by atoms with van der Waals surface area (Å²) in [5.74, 6) is 0.304. The zero-order valence-corrected chi connectivity index (χ0v) is 18.1. The molecule has 1 aromatic carbocycles. The summed E-state index contributed by atoms with van der Waals surface area (Å²) < 4.78 is 18.5. The van der Waals surface area contributed by atoms with Crippen LogP contribution in [0.25, 0.3) is 0 Å². The largest absolute Gasteiger partial charge is 0.463 e. The molecule has 0 fully saturated rings. The second kappa shape index (κ2) is 7.81. The van der Waals surface area contributed by atoms with Gasteiger partial charge in [0.15, 0.2) is 8.32 Å². The molecule has 0 aliphatic carbocycles. The van der Waals surface area contributed by atoms with E-state index in [1.807, 2.05) is 32.0 Å². The molecule has 1 atom stereocenters. The summed E-state index contributed by atoms with van der Waals surface area (Å²) in [6, 6.07) is 9.34. The molecule has 0 aromatic heterocycles. The fraction of sp³-hybridized carbons (Fsp3) is 0.714. The van der Waals surface area contributed by atoms with Gasteiger partial charge in [0, 0.05) is 19.4 Å². The first-order chi connectivity index (χ1) is 11.5. The Morgan fingerprint density at radius 2 is 1.80 bits per heavy atom. The molecule has 0 radical (unpaired) electrons. The lowest BCUT2D eigenvalue weighted by Crippen LogP contribution is -2.41. The fourth-order valence-corrected chi connectivity index (χ4v) is 5.09. The lowest BCUT2D eigenvalue weighted by Gasteiger charge is -2.38. The quantitative estimate of drug-likeness (QED) is 0.419. The van der Waals surface area contributed by atoms with Gasteiger partial charge in [-0.15, -0.1) is 0 Å². The fourth-order valence-electron chi connectivity index (χ4n) is 3.24. The molecule has 1 aliphatic rings. The van der Waals surface area contributed by atoms with E-state index in [-0.39, 0.29) is 6.10 Å². The van der Waals surface area contributed by atoms with E-state index in [0.29, 0.717) is 12.0 Å². The van der Waals surface area contributed by atoms with E-state index in [4.69, 9.17) is 13.9 Å². The molecule has 0 spiro atoms. The first-order valence-electron chi connectivity index (χ1n) is 9.57. The van der Waals surface area contributed by atoms with Crippen molar-refractivity contribution in [2.45, 2.75) is 84.9 Å². The minimum Gasteiger partial charge on any atom is -0.463 e. The average molecular weight is 365 g/mol. The van der Waals surface area contributed by atoms with E-state index in [2.05, 4.69) is 39.9 Å². The second-order valence-electron chi connectivity index (χ2n) is 9.48. The highest BCUT2D eigenvalue weighted by atomic mass is 28.4. The second-order valence-corrected chi connectivity index (χ2v) is 13.8. The summed E-state index contributed by atoms with van der Waals surface area (Å²) in [6.07, 6.45) is 3.77. The van der Waals surface area contributed by atoms with Crippen molar-refractivity contribution in [3.05, 3.63) is 29.8 Å². The van der Waals surface area contributed by atoms with E-state index < -0.39 is 14.1 Å². The molecule has 1 aromatic rings. The SMILES string of the molecule is CC(C)(C)CCCC[Si](C)(C)OCC1OC(C)(C)Oc2ccccc21. The Morgan fingerprint density at radius 1 is 1.12 bits per heavy atom. The molecule has 1 heterocycles. The minimum atomic E-state index is -1.67. The van der Waals surface area contributed by atoms with E-state index in [9.17, 15) is 0 Å². The predicted molar refractivity (Wildman–Crippen MR) is 107 cm³/mol. The summed E-state index contributed by atoms with van der Waals surface area (Å²) in [5.41, 5.74) is 1.52. The van der Waals surface area contributed by atoms with Crippen LogP contribution in [0.5, 0.6) is 5.75 Å². The van der Waals surface area contributed by atoms with E-state index >= 15 is 0 Å². The first-order valence-corrected chi connectivity index (χ1v) is 12.7. The van der Waals surface area contributed by atoms with Gasteiger partial charge in [-0.25, -0.2) is 0 Å². The number of unbranched alkanes of at least 4 members (excludes halogenated alkanes) is 1. The van der Waals surface area contributed by atoms with Gasteiger partial charge < -0.3 is 13.9 Å². The first kappa shape index (κ1) is 20.5. The van der Waals surface area contributed by atoms with Crippen molar-refractivity contribution in [2.75, 3.05) is 6.61 Å². The van der Waals surface area contributed by atoms with Crippen LogP contribution in [0.15, 0.2) is 24.3 Å². The van der Waals surface area contributed by atoms with Crippen LogP contribution >= 0.6 is 0 Å². The normalized spacial score (nSPS) is 20.0. The topological polar surface area (TPSA) is 27.7 Å². The van der Waals surface area contributed by atoms with Gasteiger partial charge >= 0.3 is 0 Å². The summed E-state index contributed by atoms with van der Waals surface area (Å²) in [6.45, 7) is 16.1. The molecular weight excluding hydrogens is 328 g/mol. The van der Waals surface area contributed by atoms with Crippen molar-refractivity contribution in [3.8, 4) is 5.75 Å². The number of hydrogen-bond acceptors (Lipinski definition) is 3. The number of para-hydroxylation sites is 1. The van der Waals surface area contributed by atoms with Gasteiger partial charge in [0.1, 0.15) is 11.9 Å². The maximum absolute atomic E-state index is 6.41. The minimum absolute atomic E-state index is 0.0544. The van der Waals surface area contributed by atoms with Crippen LogP contribution in [-0.4, -0.2) is 20.7 Å². The standard InChI is InChI=1S/C21H36O3Si/c1-20(2,3)14-10-11-15-25(6,7)22-16-19-17-12-8-9-13-18(17)23-21(4,5)24-19/h8-9,12-13,19H,10-11,14-16H2,1-7H3. The lowest BCUT2D eigenvalue weighted by atomic mass is 9.90. The molecular formula is C21H36O3Si. The Hall–Kier alpha value is -0.843. The number of rotatable bonds is 7. The smallest absolute Gasteiger partial charge is 0.205 e. The van der Waals surface area contributed by atoms with Gasteiger partial charge in [-0.05, 0) is 37.0 Å². The maximum atomic E-state index is 6.41. The van der Waals surface area contributed by atoms with Crippen LogP contribution in [-0.2, 0) is 9.16 Å². The summed E-state index contributed by atoms with van der Waals surface area (Å²) >= 11 is 0. The van der Waals surface area contributed by atoms with Gasteiger partial charge in [-0.1, -0.05) is 51.8 Å². The lowest BCUT2D eigenvalue weighted by molar-refractivity contribution is -0.213. The number of benzene rings is 1. The number of hydrogen-bond donors (Lipinski definition) is 0. The average Bonchev–Trinajstić information content (AvgIpc) is 2.47. The molecule has 1 aliphatic heterocycles. The van der Waals surface area contributed by atoms with E-state index in [0.717, 1.165) is 11.3 Å². The Bertz CT molecular complexity index is 561. The molecule has 1 unspecified atom stereocenters. The van der Waals surface area contributed by atoms with Gasteiger partial charge in [0.25, 0.3) is 0 Å². The maximum Gasteiger partial charge on any atom is 0.205 e. The molecule has 0 N–H and O–H groups in total. The van der Waals surface area contributed by atoms with Crippen molar-refractivity contribution in [3.63, 3.8) is 0 Å². The molecule has 142 valence electrons. The Labute approximate surface area is 155 Å². The molecule has 4 heteroatoms. The molecule has 0 bridgehead atoms. The van der Waals surface area contributed by atoms with Gasteiger partial charge in [0.2, 0.25) is 5.79 Å². The zero-order valence-electron chi connectivity index (χ0n) is 17.1. The highest BCUT2D eigenvalue weighted by molar-refractivity contribution is 6.71. The van der Waals surface area contributed by atoms with Crippen molar-refractivity contribution in [1.29, 1.82) is 0 Å². The highest BCUT2D eigenvalue weighted by Gasteiger charge is 2.35. The van der Waals surface area contributed by atoms with Crippen LogP contribution < -0.4 is 4.74 Å².